The van der Waals surface area contributed by atoms with Crippen molar-refractivity contribution < 1.29 is 9.53 Å². The van der Waals surface area contributed by atoms with Crippen LogP contribution < -0.4 is 10.1 Å². The van der Waals surface area contributed by atoms with Gasteiger partial charge in [-0.25, -0.2) is 0 Å². The van der Waals surface area contributed by atoms with Gasteiger partial charge in [0.1, 0.15) is 12.4 Å². The Balaban J connectivity index is 1.62. The Morgan fingerprint density at radius 1 is 0.913 bits per heavy atom. The van der Waals surface area contributed by atoms with Crippen molar-refractivity contribution in [2.75, 3.05) is 0 Å². The van der Waals surface area contributed by atoms with Gasteiger partial charge in [0.05, 0.1) is 4.88 Å². The summed E-state index contributed by atoms with van der Waals surface area (Å²) in [6, 6.07) is 21.4. The summed E-state index contributed by atoms with van der Waals surface area (Å²) >= 11 is 1.44. The lowest BCUT2D eigenvalue weighted by Gasteiger charge is -2.11. The summed E-state index contributed by atoms with van der Waals surface area (Å²) in [5.41, 5.74) is 2.14. The monoisotopic (exact) mass is 323 g/mol. The number of ether oxygens (including phenoxy) is 1. The third-order valence-corrected chi connectivity index (χ3v) is 4.31. The van der Waals surface area contributed by atoms with E-state index in [1.54, 1.807) is 0 Å². The molecule has 2 aromatic carbocycles. The molecule has 0 aliphatic heterocycles. The average Bonchev–Trinajstić information content (AvgIpc) is 3.14. The van der Waals surface area contributed by atoms with E-state index in [1.807, 2.05) is 72.1 Å². The number of benzene rings is 2. The number of carbonyl (C=O) groups excluding carboxylic acids is 1. The van der Waals surface area contributed by atoms with Crippen molar-refractivity contribution in [3.05, 3.63) is 88.1 Å². The molecule has 0 saturated heterocycles. The summed E-state index contributed by atoms with van der Waals surface area (Å²) in [4.78, 5) is 12.8. The molecule has 0 aliphatic carbocycles. The van der Waals surface area contributed by atoms with Crippen LogP contribution in [-0.4, -0.2) is 5.91 Å². The Morgan fingerprint density at radius 2 is 1.65 bits per heavy atom. The number of nitrogens with one attached hydrogen (secondary N) is 1. The largest absolute Gasteiger partial charge is 0.489 e. The van der Waals surface area contributed by atoms with Crippen molar-refractivity contribution in [1.29, 1.82) is 0 Å². The maximum atomic E-state index is 12.0. The van der Waals surface area contributed by atoms with Crippen LogP contribution in [0.25, 0.3) is 0 Å². The molecule has 1 amide bonds. The Labute approximate surface area is 139 Å². The number of hydrogen-bond donors (Lipinski definition) is 1. The second-order valence-corrected chi connectivity index (χ2v) is 5.98. The topological polar surface area (TPSA) is 38.3 Å². The lowest BCUT2D eigenvalue weighted by molar-refractivity contribution is 0.0954. The summed E-state index contributed by atoms with van der Waals surface area (Å²) in [5.74, 6) is 0.795. The molecule has 3 nitrogen and oxygen atoms in total. The van der Waals surface area contributed by atoms with E-state index in [0.29, 0.717) is 13.2 Å². The summed E-state index contributed by atoms with van der Waals surface area (Å²) in [6.45, 7) is 0.972. The fourth-order valence-electron chi connectivity index (χ4n) is 2.22. The van der Waals surface area contributed by atoms with E-state index >= 15 is 0 Å². The van der Waals surface area contributed by atoms with Gasteiger partial charge in [0.25, 0.3) is 5.91 Å². The predicted molar refractivity (Wildman–Crippen MR) is 92.7 cm³/mol. The molecular formula is C19H17NO2S. The standard InChI is InChI=1S/C19H17NO2S/c21-19(18-11-6-12-23-18)20-13-15-7-4-5-8-16(15)14-22-17-9-2-1-3-10-17/h1-12H,13-14H2,(H,20,21). The minimum atomic E-state index is -0.0428. The number of rotatable bonds is 6. The highest BCUT2D eigenvalue weighted by Gasteiger charge is 2.08. The van der Waals surface area contributed by atoms with Gasteiger partial charge >= 0.3 is 0 Å². The number of hydrogen-bond acceptors (Lipinski definition) is 3. The average molecular weight is 323 g/mol. The predicted octanol–water partition coefficient (Wildman–Crippen LogP) is 4.26. The van der Waals surface area contributed by atoms with Crippen LogP contribution in [0.1, 0.15) is 20.8 Å². The first-order chi connectivity index (χ1) is 11.3. The quantitative estimate of drug-likeness (QED) is 0.736. The van der Waals surface area contributed by atoms with Gasteiger partial charge in [0, 0.05) is 6.54 Å². The van der Waals surface area contributed by atoms with Gasteiger partial charge in [0.2, 0.25) is 0 Å². The van der Waals surface area contributed by atoms with Gasteiger partial charge in [-0.2, -0.15) is 0 Å². The number of thiophene rings is 1. The molecule has 0 aliphatic rings. The molecule has 4 heteroatoms. The van der Waals surface area contributed by atoms with Crippen molar-refractivity contribution in [3.63, 3.8) is 0 Å². The highest BCUT2D eigenvalue weighted by molar-refractivity contribution is 7.12. The molecule has 0 spiro atoms. The van der Waals surface area contributed by atoms with Crippen LogP contribution in [0.3, 0.4) is 0 Å². The highest BCUT2D eigenvalue weighted by Crippen LogP contribution is 2.15. The van der Waals surface area contributed by atoms with Crippen molar-refractivity contribution in [3.8, 4) is 5.75 Å². The van der Waals surface area contributed by atoms with Crippen molar-refractivity contribution in [2.45, 2.75) is 13.2 Å². The number of para-hydroxylation sites is 1. The molecule has 0 unspecified atom stereocenters. The van der Waals surface area contributed by atoms with E-state index < -0.39 is 0 Å². The van der Waals surface area contributed by atoms with Crippen molar-refractivity contribution in [1.82, 2.24) is 5.32 Å². The van der Waals surface area contributed by atoms with Crippen LogP contribution in [-0.2, 0) is 13.2 Å². The van der Waals surface area contributed by atoms with Gasteiger partial charge in [-0.1, -0.05) is 48.5 Å². The first-order valence-corrected chi connectivity index (χ1v) is 8.27. The second kappa shape index (κ2) is 7.61. The van der Waals surface area contributed by atoms with E-state index in [9.17, 15) is 4.79 Å². The minimum Gasteiger partial charge on any atom is -0.489 e. The molecule has 1 N–H and O–H groups in total. The SMILES string of the molecule is O=C(NCc1ccccc1COc1ccccc1)c1cccs1. The molecule has 116 valence electrons. The van der Waals surface area contributed by atoms with Crippen LogP contribution >= 0.6 is 11.3 Å². The van der Waals surface area contributed by atoms with Crippen LogP contribution in [0, 0.1) is 0 Å². The Morgan fingerprint density at radius 3 is 2.39 bits per heavy atom. The van der Waals surface area contributed by atoms with Gasteiger partial charge in [-0.15, -0.1) is 11.3 Å². The molecule has 0 fully saturated rings. The lowest BCUT2D eigenvalue weighted by atomic mass is 10.1. The molecule has 3 aromatic rings. The van der Waals surface area contributed by atoms with Gasteiger partial charge < -0.3 is 10.1 Å². The molecule has 0 bridgehead atoms. The summed E-state index contributed by atoms with van der Waals surface area (Å²) < 4.78 is 5.80. The second-order valence-electron chi connectivity index (χ2n) is 5.03. The third-order valence-electron chi connectivity index (χ3n) is 3.44. The zero-order chi connectivity index (χ0) is 15.9. The first kappa shape index (κ1) is 15.3. The first-order valence-electron chi connectivity index (χ1n) is 7.39. The summed E-state index contributed by atoms with van der Waals surface area (Å²) in [5, 5.41) is 4.86. The maximum absolute atomic E-state index is 12.0. The Kier molecular flexibility index (Phi) is 5.06. The molecule has 0 radical (unpaired) electrons. The van der Waals surface area contributed by atoms with Crippen LogP contribution in [0.5, 0.6) is 5.75 Å². The van der Waals surface area contributed by atoms with E-state index in [2.05, 4.69) is 5.32 Å². The van der Waals surface area contributed by atoms with Crippen LogP contribution in [0.4, 0.5) is 0 Å². The van der Waals surface area contributed by atoms with E-state index in [-0.39, 0.29) is 5.91 Å². The number of amides is 1. The Bertz CT molecular complexity index is 754. The number of carbonyl (C=O) groups is 1. The maximum Gasteiger partial charge on any atom is 0.261 e. The fraction of sp³-hybridized carbons (Fsp3) is 0.105. The molecule has 1 aromatic heterocycles. The van der Waals surface area contributed by atoms with Gasteiger partial charge in [0.15, 0.2) is 0 Å². The molecule has 3 rings (SSSR count). The van der Waals surface area contributed by atoms with Crippen LogP contribution in [0.15, 0.2) is 72.1 Å². The summed E-state index contributed by atoms with van der Waals surface area (Å²) in [6.07, 6.45) is 0. The smallest absolute Gasteiger partial charge is 0.261 e. The van der Waals surface area contributed by atoms with Gasteiger partial charge in [-0.3, -0.25) is 4.79 Å². The van der Waals surface area contributed by atoms with Crippen LogP contribution in [0.2, 0.25) is 0 Å². The Hall–Kier alpha value is -2.59. The molecule has 0 atom stereocenters. The molecule has 23 heavy (non-hydrogen) atoms. The normalized spacial score (nSPS) is 10.3. The summed E-state index contributed by atoms with van der Waals surface area (Å²) in [7, 11) is 0. The van der Waals surface area contributed by atoms with Crippen molar-refractivity contribution >= 4 is 17.2 Å². The van der Waals surface area contributed by atoms with Crippen molar-refractivity contribution in [2.24, 2.45) is 0 Å². The highest BCUT2D eigenvalue weighted by atomic mass is 32.1. The molecular weight excluding hydrogens is 306 g/mol. The molecule has 1 heterocycles. The van der Waals surface area contributed by atoms with E-state index in [4.69, 9.17) is 4.74 Å². The van der Waals surface area contributed by atoms with Gasteiger partial charge in [-0.05, 0) is 34.7 Å². The zero-order valence-corrected chi connectivity index (χ0v) is 13.4. The lowest BCUT2D eigenvalue weighted by Crippen LogP contribution is -2.22. The minimum absolute atomic E-state index is 0.0428. The molecule has 0 saturated carbocycles. The van der Waals surface area contributed by atoms with E-state index in [0.717, 1.165) is 21.8 Å². The van der Waals surface area contributed by atoms with E-state index in [1.165, 1.54) is 11.3 Å². The zero-order valence-electron chi connectivity index (χ0n) is 12.6. The fourth-order valence-corrected chi connectivity index (χ4v) is 2.86. The third kappa shape index (κ3) is 4.20.